The van der Waals surface area contributed by atoms with Gasteiger partial charge in [-0.1, -0.05) is 48.5 Å². The summed E-state index contributed by atoms with van der Waals surface area (Å²) in [6, 6.07) is 28.3. The predicted octanol–water partition coefficient (Wildman–Crippen LogP) is 6.57. The molecule has 1 aliphatic rings. The van der Waals surface area contributed by atoms with Gasteiger partial charge in [0.15, 0.2) is 0 Å². The van der Waals surface area contributed by atoms with Gasteiger partial charge in [-0.3, -0.25) is 0 Å². The van der Waals surface area contributed by atoms with E-state index in [4.69, 9.17) is 9.72 Å². The minimum absolute atomic E-state index is 0.0659. The summed E-state index contributed by atoms with van der Waals surface area (Å²) in [5.41, 5.74) is 3.82. The Morgan fingerprint density at radius 1 is 0.972 bits per heavy atom. The molecule has 2 aromatic heterocycles. The Balaban J connectivity index is 1.27. The van der Waals surface area contributed by atoms with E-state index in [1.165, 1.54) is 0 Å². The van der Waals surface area contributed by atoms with Gasteiger partial charge in [0.1, 0.15) is 11.6 Å². The molecule has 1 aliphatic heterocycles. The monoisotopic (exact) mass is 476 g/mol. The first-order valence-electron chi connectivity index (χ1n) is 12.4. The first-order valence-corrected chi connectivity index (χ1v) is 12.4. The summed E-state index contributed by atoms with van der Waals surface area (Å²) in [6.07, 6.45) is 3.99. The highest BCUT2D eigenvalue weighted by Crippen LogP contribution is 2.33. The summed E-state index contributed by atoms with van der Waals surface area (Å²) in [6.45, 7) is 1.37. The summed E-state index contributed by atoms with van der Waals surface area (Å²) < 4.78 is 7.61. The fraction of sp³-hybridized carbons (Fsp3) is 0.200. The fourth-order valence-electron chi connectivity index (χ4n) is 5.17. The van der Waals surface area contributed by atoms with Crippen LogP contribution in [0.15, 0.2) is 91.1 Å². The topological polar surface area (TPSA) is 58.9 Å². The molecule has 0 bridgehead atoms. The lowest BCUT2D eigenvalue weighted by molar-refractivity contribution is 0.191. The molecule has 36 heavy (non-hydrogen) atoms. The highest BCUT2D eigenvalue weighted by Gasteiger charge is 2.28. The lowest BCUT2D eigenvalue weighted by atomic mass is 9.97. The minimum atomic E-state index is -0.0659. The van der Waals surface area contributed by atoms with Crippen molar-refractivity contribution in [2.75, 3.05) is 25.5 Å². The molecule has 0 aliphatic carbocycles. The average Bonchev–Trinajstić information content (AvgIpc) is 3.33. The van der Waals surface area contributed by atoms with Crippen molar-refractivity contribution in [1.29, 1.82) is 0 Å². The van der Waals surface area contributed by atoms with Gasteiger partial charge in [0.2, 0.25) is 0 Å². The van der Waals surface area contributed by atoms with Crippen LogP contribution in [0.4, 0.5) is 10.5 Å². The molecule has 180 valence electrons. The van der Waals surface area contributed by atoms with Crippen molar-refractivity contribution in [3.63, 3.8) is 0 Å². The molecule has 0 unspecified atom stereocenters. The fourth-order valence-corrected chi connectivity index (χ4v) is 5.17. The van der Waals surface area contributed by atoms with Gasteiger partial charge in [-0.2, -0.15) is 0 Å². The third kappa shape index (κ3) is 4.15. The number of benzene rings is 3. The Hall–Kier alpha value is -4.32. The maximum atomic E-state index is 13.2. The van der Waals surface area contributed by atoms with Gasteiger partial charge >= 0.3 is 6.03 Å². The van der Waals surface area contributed by atoms with Crippen molar-refractivity contribution < 1.29 is 9.53 Å². The van der Waals surface area contributed by atoms with Crippen LogP contribution in [0.2, 0.25) is 0 Å². The highest BCUT2D eigenvalue weighted by atomic mass is 16.5. The molecule has 3 aromatic carbocycles. The Bertz CT molecular complexity index is 1560. The number of hydrogen-bond donors (Lipinski definition) is 1. The lowest BCUT2D eigenvalue weighted by Crippen LogP contribution is -2.42. The number of carbonyl (C=O) groups excluding carboxylic acids is 1. The van der Waals surface area contributed by atoms with Crippen LogP contribution >= 0.6 is 0 Å². The molecular weight excluding hydrogens is 448 g/mol. The number of methoxy groups -OCH3 is 1. The Morgan fingerprint density at radius 2 is 1.83 bits per heavy atom. The van der Waals surface area contributed by atoms with Gasteiger partial charge in [0.25, 0.3) is 0 Å². The second kappa shape index (κ2) is 9.38. The maximum absolute atomic E-state index is 13.2. The van der Waals surface area contributed by atoms with Gasteiger partial charge < -0.3 is 19.4 Å². The lowest BCUT2D eigenvalue weighted by Gasteiger charge is -2.32. The van der Waals surface area contributed by atoms with E-state index < -0.39 is 0 Å². The first-order chi connectivity index (χ1) is 17.7. The molecule has 1 N–H and O–H groups in total. The summed E-state index contributed by atoms with van der Waals surface area (Å²) >= 11 is 0. The normalized spacial score (nSPS) is 15.8. The molecule has 1 atom stereocenters. The number of rotatable bonds is 4. The van der Waals surface area contributed by atoms with E-state index in [0.29, 0.717) is 6.54 Å². The van der Waals surface area contributed by atoms with Crippen molar-refractivity contribution >= 4 is 28.0 Å². The molecule has 6 heteroatoms. The van der Waals surface area contributed by atoms with Crippen LogP contribution in [-0.4, -0.2) is 40.5 Å². The smallest absolute Gasteiger partial charge is 0.321 e. The van der Waals surface area contributed by atoms with Gasteiger partial charge in [-0.15, -0.1) is 0 Å². The van der Waals surface area contributed by atoms with E-state index in [2.05, 4.69) is 40.2 Å². The van der Waals surface area contributed by atoms with Crippen molar-refractivity contribution in [3.05, 3.63) is 97.0 Å². The number of hydrogen-bond acceptors (Lipinski definition) is 3. The second-order valence-electron chi connectivity index (χ2n) is 9.28. The number of aromatic nitrogens is 2. The summed E-state index contributed by atoms with van der Waals surface area (Å²) in [7, 11) is 1.68. The number of amides is 2. The molecule has 1 fully saturated rings. The molecule has 1 saturated heterocycles. The zero-order valence-corrected chi connectivity index (χ0v) is 20.2. The van der Waals surface area contributed by atoms with Crippen LogP contribution in [-0.2, 0) is 0 Å². The van der Waals surface area contributed by atoms with E-state index >= 15 is 0 Å². The number of pyridine rings is 1. The van der Waals surface area contributed by atoms with Gasteiger partial charge in [0.05, 0.1) is 18.3 Å². The number of anilines is 1. The summed E-state index contributed by atoms with van der Waals surface area (Å²) in [5, 5.41) is 5.37. The summed E-state index contributed by atoms with van der Waals surface area (Å²) in [5.74, 6) is 1.95. The number of carbonyl (C=O) groups is 1. The van der Waals surface area contributed by atoms with Crippen molar-refractivity contribution in [1.82, 2.24) is 14.3 Å². The average molecular weight is 477 g/mol. The third-order valence-electron chi connectivity index (χ3n) is 6.99. The van der Waals surface area contributed by atoms with Crippen LogP contribution in [0.3, 0.4) is 0 Å². The molecule has 0 radical (unpaired) electrons. The van der Waals surface area contributed by atoms with Gasteiger partial charge in [-0.05, 0) is 60.0 Å². The first kappa shape index (κ1) is 22.2. The standard InChI is InChI=1S/C30H28N4O2/c1-36-26-12-6-10-23(19-26)28-27-13-4-5-17-34(27)29(32-28)24-11-7-16-33(20-24)30(35)31-25-15-14-21-8-2-3-9-22(21)18-25/h2-6,8-10,12-15,17-19,24H,7,11,16,20H2,1H3,(H,31,35)/t24-/m1/s1. The molecule has 3 heterocycles. The van der Waals surface area contributed by atoms with Gasteiger partial charge in [0, 0.05) is 36.5 Å². The minimum Gasteiger partial charge on any atom is -0.497 e. The van der Waals surface area contributed by atoms with Crippen LogP contribution in [0.25, 0.3) is 27.5 Å². The van der Waals surface area contributed by atoms with Crippen LogP contribution in [0, 0.1) is 0 Å². The Morgan fingerprint density at radius 3 is 2.72 bits per heavy atom. The molecular formula is C30H28N4O2. The zero-order valence-electron chi connectivity index (χ0n) is 20.2. The highest BCUT2D eigenvalue weighted by molar-refractivity contribution is 5.93. The molecule has 0 saturated carbocycles. The number of likely N-dealkylation sites (tertiary alicyclic amines) is 1. The zero-order chi connectivity index (χ0) is 24.5. The van der Waals surface area contributed by atoms with E-state index in [9.17, 15) is 4.79 Å². The Labute approximate surface area is 210 Å². The quantitative estimate of drug-likeness (QED) is 0.319. The molecule has 5 aromatic rings. The second-order valence-corrected chi connectivity index (χ2v) is 9.28. The molecule has 6 rings (SSSR count). The third-order valence-corrected chi connectivity index (χ3v) is 6.99. The van der Waals surface area contributed by atoms with E-state index in [1.807, 2.05) is 65.6 Å². The largest absolute Gasteiger partial charge is 0.497 e. The number of fused-ring (bicyclic) bond motifs is 2. The van der Waals surface area contributed by atoms with Crippen molar-refractivity contribution in [2.24, 2.45) is 0 Å². The number of urea groups is 1. The molecule has 2 amide bonds. The number of nitrogens with zero attached hydrogens (tertiary/aromatic N) is 3. The number of piperidine rings is 1. The van der Waals surface area contributed by atoms with E-state index in [1.54, 1.807) is 7.11 Å². The Kier molecular flexibility index (Phi) is 5.77. The van der Waals surface area contributed by atoms with Gasteiger partial charge in [-0.25, -0.2) is 9.78 Å². The number of nitrogens with one attached hydrogen (secondary N) is 1. The van der Waals surface area contributed by atoms with Crippen molar-refractivity contribution in [3.8, 4) is 17.0 Å². The molecule has 0 spiro atoms. The van der Waals surface area contributed by atoms with Crippen LogP contribution in [0.1, 0.15) is 24.6 Å². The SMILES string of the molecule is COc1cccc(-c2nc([C@@H]3CCCN(C(=O)Nc4ccc5ccccc5c4)C3)n3ccccc23)c1. The predicted molar refractivity (Wildman–Crippen MR) is 144 cm³/mol. The van der Waals surface area contributed by atoms with E-state index in [-0.39, 0.29) is 11.9 Å². The van der Waals surface area contributed by atoms with E-state index in [0.717, 1.165) is 64.2 Å². The van der Waals surface area contributed by atoms with Crippen LogP contribution < -0.4 is 10.1 Å². The van der Waals surface area contributed by atoms with Crippen LogP contribution in [0.5, 0.6) is 5.75 Å². The summed E-state index contributed by atoms with van der Waals surface area (Å²) in [4.78, 5) is 20.2. The molecule has 6 nitrogen and oxygen atoms in total. The maximum Gasteiger partial charge on any atom is 0.321 e. The number of imidazole rings is 1. The van der Waals surface area contributed by atoms with Crippen molar-refractivity contribution in [2.45, 2.75) is 18.8 Å². The number of ether oxygens (including phenoxy) is 1.